The summed E-state index contributed by atoms with van der Waals surface area (Å²) >= 11 is 0. The van der Waals surface area contributed by atoms with Gasteiger partial charge in [-0.3, -0.25) is 14.7 Å². The van der Waals surface area contributed by atoms with Crippen LogP contribution in [0.15, 0.2) is 64.2 Å². The van der Waals surface area contributed by atoms with Crippen LogP contribution in [0, 0.1) is 6.92 Å². The average molecular weight is 348 g/mol. The van der Waals surface area contributed by atoms with Crippen molar-refractivity contribution in [3.8, 4) is 5.69 Å². The Morgan fingerprint density at radius 2 is 1.73 bits per heavy atom. The van der Waals surface area contributed by atoms with Crippen LogP contribution in [0.2, 0.25) is 0 Å². The van der Waals surface area contributed by atoms with Gasteiger partial charge in [0, 0.05) is 13.1 Å². The Hall–Kier alpha value is -3.12. The Morgan fingerprint density at radius 3 is 2.46 bits per heavy atom. The molecule has 0 bridgehead atoms. The van der Waals surface area contributed by atoms with E-state index in [1.54, 1.807) is 0 Å². The first-order chi connectivity index (χ1) is 12.6. The Kier molecular flexibility index (Phi) is 4.18. The van der Waals surface area contributed by atoms with E-state index in [-0.39, 0.29) is 5.56 Å². The number of benzene rings is 2. The molecular formula is C20H20N4O2. The summed E-state index contributed by atoms with van der Waals surface area (Å²) in [6, 6.07) is 17.8. The normalized spacial score (nSPS) is 13.9. The number of aromatic nitrogens is 2. The van der Waals surface area contributed by atoms with E-state index >= 15 is 0 Å². The van der Waals surface area contributed by atoms with Crippen LogP contribution in [0.4, 0.5) is 5.82 Å². The highest BCUT2D eigenvalue weighted by atomic mass is 16.2. The second kappa shape index (κ2) is 6.65. The number of fused-ring (bicyclic) bond motifs is 1. The molecule has 2 aromatic carbocycles. The molecule has 0 radical (unpaired) electrons. The van der Waals surface area contributed by atoms with Crippen molar-refractivity contribution in [2.75, 3.05) is 12.0 Å². The summed E-state index contributed by atoms with van der Waals surface area (Å²) in [7, 11) is 0. The van der Waals surface area contributed by atoms with Crippen molar-refractivity contribution in [3.63, 3.8) is 0 Å². The molecule has 2 heterocycles. The quantitative estimate of drug-likeness (QED) is 0.761. The molecule has 2 N–H and O–H groups in total. The van der Waals surface area contributed by atoms with Gasteiger partial charge in [-0.05, 0) is 24.6 Å². The van der Waals surface area contributed by atoms with Crippen molar-refractivity contribution in [2.45, 2.75) is 20.0 Å². The van der Waals surface area contributed by atoms with Crippen LogP contribution in [0.3, 0.4) is 0 Å². The molecule has 132 valence electrons. The number of anilines is 1. The number of nitrogens with zero attached hydrogens (tertiary/aromatic N) is 2. The fraction of sp³-hybridized carbons (Fsp3) is 0.200. The first-order valence-corrected chi connectivity index (χ1v) is 8.57. The van der Waals surface area contributed by atoms with Gasteiger partial charge in [0.05, 0.1) is 17.9 Å². The molecule has 0 fully saturated rings. The molecule has 1 aliphatic rings. The van der Waals surface area contributed by atoms with Gasteiger partial charge in [0.15, 0.2) is 0 Å². The number of H-pyrrole nitrogens is 1. The third-order valence-corrected chi connectivity index (χ3v) is 4.60. The van der Waals surface area contributed by atoms with E-state index in [2.05, 4.69) is 27.3 Å². The maximum atomic E-state index is 12.4. The number of aromatic amines is 1. The van der Waals surface area contributed by atoms with Crippen LogP contribution in [-0.4, -0.2) is 21.1 Å². The zero-order chi connectivity index (χ0) is 18.1. The highest BCUT2D eigenvalue weighted by molar-refractivity contribution is 5.52. The van der Waals surface area contributed by atoms with Gasteiger partial charge >= 0.3 is 5.69 Å². The van der Waals surface area contributed by atoms with Gasteiger partial charge in [0.2, 0.25) is 0 Å². The van der Waals surface area contributed by atoms with Crippen molar-refractivity contribution < 1.29 is 0 Å². The largest absolute Gasteiger partial charge is 0.358 e. The highest BCUT2D eigenvalue weighted by Crippen LogP contribution is 2.22. The highest BCUT2D eigenvalue weighted by Gasteiger charge is 2.23. The van der Waals surface area contributed by atoms with Gasteiger partial charge < -0.3 is 5.32 Å². The third kappa shape index (κ3) is 3.07. The second-order valence-electron chi connectivity index (χ2n) is 6.56. The monoisotopic (exact) mass is 348 g/mol. The lowest BCUT2D eigenvalue weighted by molar-refractivity contribution is 0.263. The first kappa shape index (κ1) is 16.4. The van der Waals surface area contributed by atoms with E-state index in [0.717, 1.165) is 17.8 Å². The summed E-state index contributed by atoms with van der Waals surface area (Å²) in [5.74, 6) is 0.576. The van der Waals surface area contributed by atoms with E-state index in [1.807, 2.05) is 49.4 Å². The van der Waals surface area contributed by atoms with Crippen LogP contribution >= 0.6 is 0 Å². The van der Waals surface area contributed by atoms with Gasteiger partial charge in [0.1, 0.15) is 5.82 Å². The fourth-order valence-electron chi connectivity index (χ4n) is 3.26. The second-order valence-corrected chi connectivity index (χ2v) is 6.56. The summed E-state index contributed by atoms with van der Waals surface area (Å²) in [5, 5.41) is 3.27. The van der Waals surface area contributed by atoms with E-state index in [1.165, 1.54) is 10.1 Å². The van der Waals surface area contributed by atoms with Gasteiger partial charge in [0.25, 0.3) is 5.56 Å². The molecule has 0 aliphatic carbocycles. The lowest BCUT2D eigenvalue weighted by Gasteiger charge is -2.30. The molecule has 0 saturated heterocycles. The topological polar surface area (TPSA) is 70.1 Å². The molecule has 0 amide bonds. The minimum absolute atomic E-state index is 0.335. The zero-order valence-electron chi connectivity index (χ0n) is 14.5. The maximum absolute atomic E-state index is 12.4. The lowest BCUT2D eigenvalue weighted by atomic mass is 10.1. The van der Waals surface area contributed by atoms with Gasteiger partial charge in [-0.15, -0.1) is 0 Å². The van der Waals surface area contributed by atoms with Crippen LogP contribution < -0.4 is 16.6 Å². The smallest absolute Gasteiger partial charge is 0.334 e. The van der Waals surface area contributed by atoms with Crippen molar-refractivity contribution in [3.05, 3.63) is 92.1 Å². The third-order valence-electron chi connectivity index (χ3n) is 4.60. The Bertz CT molecular complexity index is 1040. The number of aryl methyl sites for hydroxylation is 1. The van der Waals surface area contributed by atoms with E-state index < -0.39 is 5.69 Å². The number of hydrogen-bond acceptors (Lipinski definition) is 4. The van der Waals surface area contributed by atoms with Crippen LogP contribution in [0.5, 0.6) is 0 Å². The Balaban J connectivity index is 1.71. The summed E-state index contributed by atoms with van der Waals surface area (Å²) in [6.07, 6.45) is 0. The van der Waals surface area contributed by atoms with Crippen LogP contribution in [0.25, 0.3) is 5.69 Å². The molecule has 1 aromatic heterocycles. The number of nitrogens with one attached hydrogen (secondary N) is 2. The molecule has 0 spiro atoms. The molecule has 6 nitrogen and oxygen atoms in total. The first-order valence-electron chi connectivity index (χ1n) is 8.57. The van der Waals surface area contributed by atoms with E-state index in [0.29, 0.717) is 24.6 Å². The minimum Gasteiger partial charge on any atom is -0.358 e. The fourth-order valence-corrected chi connectivity index (χ4v) is 3.26. The Morgan fingerprint density at radius 1 is 1.00 bits per heavy atom. The molecule has 26 heavy (non-hydrogen) atoms. The molecule has 1 aliphatic heterocycles. The molecule has 6 heteroatoms. The van der Waals surface area contributed by atoms with Crippen LogP contribution in [0.1, 0.15) is 16.7 Å². The van der Waals surface area contributed by atoms with Gasteiger partial charge in [-0.25, -0.2) is 9.36 Å². The molecule has 0 unspecified atom stereocenters. The summed E-state index contributed by atoms with van der Waals surface area (Å²) < 4.78 is 1.54. The summed E-state index contributed by atoms with van der Waals surface area (Å²) in [6.45, 7) is 3.78. The Labute approximate surface area is 150 Å². The predicted octanol–water partition coefficient (Wildman–Crippen LogP) is 2.22. The predicted molar refractivity (Wildman–Crippen MR) is 102 cm³/mol. The molecule has 0 atom stereocenters. The molecular weight excluding hydrogens is 328 g/mol. The summed E-state index contributed by atoms with van der Waals surface area (Å²) in [4.78, 5) is 29.4. The van der Waals surface area contributed by atoms with Gasteiger partial charge in [-0.1, -0.05) is 48.0 Å². The van der Waals surface area contributed by atoms with Crippen molar-refractivity contribution in [2.24, 2.45) is 0 Å². The van der Waals surface area contributed by atoms with Crippen molar-refractivity contribution in [1.82, 2.24) is 14.5 Å². The average Bonchev–Trinajstić information content (AvgIpc) is 2.64. The zero-order valence-corrected chi connectivity index (χ0v) is 14.5. The molecule has 3 aromatic rings. The van der Waals surface area contributed by atoms with Crippen molar-refractivity contribution >= 4 is 5.82 Å². The molecule has 0 saturated carbocycles. The molecule has 4 rings (SSSR count). The van der Waals surface area contributed by atoms with Crippen LogP contribution in [-0.2, 0) is 13.1 Å². The van der Waals surface area contributed by atoms with E-state index in [9.17, 15) is 9.59 Å². The van der Waals surface area contributed by atoms with Crippen molar-refractivity contribution in [1.29, 1.82) is 0 Å². The standard InChI is InChI=1S/C20H20N4O2/c1-14-7-9-16(10-8-14)24-18-17(19(25)22-20(24)26)12-23(13-21-18)11-15-5-3-2-4-6-15/h2-10,21H,11-13H2,1H3,(H,22,25,26). The summed E-state index contributed by atoms with van der Waals surface area (Å²) in [5.41, 5.74) is 2.84. The number of rotatable bonds is 3. The maximum Gasteiger partial charge on any atom is 0.334 e. The number of hydrogen-bond donors (Lipinski definition) is 2. The minimum atomic E-state index is -0.429. The van der Waals surface area contributed by atoms with E-state index in [4.69, 9.17) is 0 Å². The SMILES string of the molecule is Cc1ccc(-n2c3c(c(=O)[nH]c2=O)CN(Cc2ccccc2)CN3)cc1. The van der Waals surface area contributed by atoms with Gasteiger partial charge in [-0.2, -0.15) is 0 Å². The lowest BCUT2D eigenvalue weighted by Crippen LogP contribution is -2.42.